The third kappa shape index (κ3) is 5.37. The summed E-state index contributed by atoms with van der Waals surface area (Å²) >= 11 is 0. The van der Waals surface area contributed by atoms with Crippen molar-refractivity contribution in [3.8, 4) is 0 Å². The van der Waals surface area contributed by atoms with E-state index in [0.29, 0.717) is 11.9 Å². The summed E-state index contributed by atoms with van der Waals surface area (Å²) < 4.78 is 0. The maximum absolute atomic E-state index is 13.1. The molecule has 0 aromatic carbocycles. The molecule has 0 bridgehead atoms. The van der Waals surface area contributed by atoms with Crippen molar-refractivity contribution in [3.05, 3.63) is 30.1 Å². The molecule has 0 radical (unpaired) electrons. The van der Waals surface area contributed by atoms with Crippen LogP contribution in [-0.4, -0.2) is 70.9 Å². The predicted molar refractivity (Wildman–Crippen MR) is 116 cm³/mol. The Bertz CT molecular complexity index is 636. The van der Waals surface area contributed by atoms with E-state index in [4.69, 9.17) is 0 Å². The zero-order valence-corrected chi connectivity index (χ0v) is 18.1. The molecule has 3 aliphatic rings. The van der Waals surface area contributed by atoms with Gasteiger partial charge in [-0.15, -0.1) is 0 Å². The number of amides is 1. The molecule has 3 saturated heterocycles. The molecule has 0 N–H and O–H groups in total. The molecule has 29 heavy (non-hydrogen) atoms. The Labute approximate surface area is 176 Å². The summed E-state index contributed by atoms with van der Waals surface area (Å²) in [4.78, 5) is 24.7. The Morgan fingerprint density at radius 1 is 1.07 bits per heavy atom. The Morgan fingerprint density at radius 3 is 2.55 bits per heavy atom. The van der Waals surface area contributed by atoms with E-state index >= 15 is 0 Å². The minimum atomic E-state index is 0.232. The maximum Gasteiger partial charge on any atom is 0.226 e. The van der Waals surface area contributed by atoms with Gasteiger partial charge in [0.1, 0.15) is 0 Å². The highest BCUT2D eigenvalue weighted by molar-refractivity contribution is 5.79. The number of carbonyl (C=O) groups excluding carboxylic acids is 1. The minimum Gasteiger partial charge on any atom is -0.342 e. The molecule has 1 atom stereocenters. The fourth-order valence-electron chi connectivity index (χ4n) is 5.55. The van der Waals surface area contributed by atoms with Gasteiger partial charge in [0.15, 0.2) is 0 Å². The Hall–Kier alpha value is -1.46. The van der Waals surface area contributed by atoms with Crippen LogP contribution in [0.2, 0.25) is 0 Å². The van der Waals surface area contributed by atoms with Crippen LogP contribution < -0.4 is 0 Å². The van der Waals surface area contributed by atoms with Gasteiger partial charge >= 0.3 is 0 Å². The van der Waals surface area contributed by atoms with Gasteiger partial charge in [-0.1, -0.05) is 19.4 Å². The van der Waals surface area contributed by atoms with E-state index in [2.05, 4.69) is 32.7 Å². The first-order valence-electron chi connectivity index (χ1n) is 11.9. The van der Waals surface area contributed by atoms with Crippen molar-refractivity contribution < 1.29 is 4.79 Å². The molecule has 3 fully saturated rings. The second-order valence-corrected chi connectivity index (χ2v) is 9.38. The van der Waals surface area contributed by atoms with Crippen molar-refractivity contribution in [3.63, 3.8) is 0 Å². The number of likely N-dealkylation sites (tertiary alicyclic amines) is 3. The van der Waals surface area contributed by atoms with Gasteiger partial charge in [0.2, 0.25) is 5.91 Å². The fourth-order valence-corrected chi connectivity index (χ4v) is 5.55. The van der Waals surface area contributed by atoms with Gasteiger partial charge in [-0.05, 0) is 75.7 Å². The molecule has 0 unspecified atom stereocenters. The summed E-state index contributed by atoms with van der Waals surface area (Å²) in [5.74, 6) is 1.51. The highest BCUT2D eigenvalue weighted by atomic mass is 16.2. The monoisotopic (exact) mass is 398 g/mol. The Kier molecular flexibility index (Phi) is 7.20. The number of pyridine rings is 1. The van der Waals surface area contributed by atoms with E-state index < -0.39 is 0 Å². The number of piperidine rings is 3. The highest BCUT2D eigenvalue weighted by Crippen LogP contribution is 2.27. The van der Waals surface area contributed by atoms with Crippen LogP contribution in [0.5, 0.6) is 0 Å². The van der Waals surface area contributed by atoms with Crippen LogP contribution in [0.3, 0.4) is 0 Å². The molecule has 0 saturated carbocycles. The second-order valence-electron chi connectivity index (χ2n) is 9.38. The standard InChI is InChI=1S/C24H38N4O/c1-2-20-7-15-27(16-8-20)24(29)22-6-4-12-28(19-22)23-9-13-26(14-10-23)18-21-5-3-11-25-17-21/h3,5,11,17,20,22-23H,2,4,6-10,12-16,18-19H2,1H3/t22-/m1/s1. The highest BCUT2D eigenvalue weighted by Gasteiger charge is 2.34. The largest absolute Gasteiger partial charge is 0.342 e. The van der Waals surface area contributed by atoms with Crippen molar-refractivity contribution in [1.29, 1.82) is 0 Å². The first-order valence-corrected chi connectivity index (χ1v) is 11.9. The minimum absolute atomic E-state index is 0.232. The summed E-state index contributed by atoms with van der Waals surface area (Å²) in [6, 6.07) is 4.85. The SMILES string of the molecule is CCC1CCN(C(=O)[C@@H]2CCCN(C3CCN(Cc4cccnc4)CC3)C2)CC1. The lowest BCUT2D eigenvalue weighted by Crippen LogP contribution is -2.52. The van der Waals surface area contributed by atoms with Crippen LogP contribution in [-0.2, 0) is 11.3 Å². The summed E-state index contributed by atoms with van der Waals surface area (Å²) in [5, 5.41) is 0. The van der Waals surface area contributed by atoms with Crippen molar-refractivity contribution in [2.75, 3.05) is 39.3 Å². The van der Waals surface area contributed by atoms with E-state index in [1.54, 1.807) is 0 Å². The van der Waals surface area contributed by atoms with Crippen LogP contribution in [0.25, 0.3) is 0 Å². The van der Waals surface area contributed by atoms with Crippen LogP contribution in [0.15, 0.2) is 24.5 Å². The topological polar surface area (TPSA) is 39.7 Å². The van der Waals surface area contributed by atoms with Gasteiger partial charge in [-0.2, -0.15) is 0 Å². The number of carbonyl (C=O) groups is 1. The zero-order chi connectivity index (χ0) is 20.1. The average Bonchev–Trinajstić information content (AvgIpc) is 2.80. The van der Waals surface area contributed by atoms with Gasteiger partial charge in [0.05, 0.1) is 5.92 Å². The molecule has 160 valence electrons. The lowest BCUT2D eigenvalue weighted by atomic mass is 9.90. The van der Waals surface area contributed by atoms with E-state index in [0.717, 1.165) is 51.6 Å². The quantitative estimate of drug-likeness (QED) is 0.762. The average molecular weight is 399 g/mol. The first kappa shape index (κ1) is 20.8. The second kappa shape index (κ2) is 10.0. The number of nitrogens with zero attached hydrogens (tertiary/aromatic N) is 4. The number of hydrogen-bond donors (Lipinski definition) is 0. The molecule has 1 aromatic heterocycles. The molecular formula is C24H38N4O. The molecule has 3 aliphatic heterocycles. The molecule has 1 aromatic rings. The van der Waals surface area contributed by atoms with Crippen LogP contribution >= 0.6 is 0 Å². The molecule has 5 nitrogen and oxygen atoms in total. The van der Waals surface area contributed by atoms with Gasteiger partial charge in [0.25, 0.3) is 0 Å². The molecule has 1 amide bonds. The van der Waals surface area contributed by atoms with Gasteiger partial charge < -0.3 is 4.90 Å². The predicted octanol–water partition coefficient (Wildman–Crippen LogP) is 3.41. The van der Waals surface area contributed by atoms with Crippen molar-refractivity contribution >= 4 is 5.91 Å². The third-order valence-electron chi connectivity index (χ3n) is 7.51. The van der Waals surface area contributed by atoms with Crippen LogP contribution in [0, 0.1) is 11.8 Å². The molecular weight excluding hydrogens is 360 g/mol. The summed E-state index contributed by atoms with van der Waals surface area (Å²) in [7, 11) is 0. The zero-order valence-electron chi connectivity index (χ0n) is 18.1. The van der Waals surface area contributed by atoms with Crippen LogP contribution in [0.4, 0.5) is 0 Å². The van der Waals surface area contributed by atoms with Gasteiger partial charge in [0, 0.05) is 44.6 Å². The molecule has 4 heterocycles. The fraction of sp³-hybridized carbons (Fsp3) is 0.750. The maximum atomic E-state index is 13.1. The molecule has 4 rings (SSSR count). The van der Waals surface area contributed by atoms with Crippen molar-refractivity contribution in [2.45, 2.75) is 64.5 Å². The normalized spacial score (nSPS) is 26.0. The van der Waals surface area contributed by atoms with Crippen LogP contribution in [0.1, 0.15) is 57.4 Å². The van der Waals surface area contributed by atoms with E-state index in [1.165, 1.54) is 50.6 Å². The van der Waals surface area contributed by atoms with Crippen molar-refractivity contribution in [2.24, 2.45) is 11.8 Å². The van der Waals surface area contributed by atoms with Gasteiger partial charge in [-0.3, -0.25) is 19.6 Å². The summed E-state index contributed by atoms with van der Waals surface area (Å²) in [6.45, 7) is 9.73. The number of aromatic nitrogens is 1. The molecule has 5 heteroatoms. The van der Waals surface area contributed by atoms with Gasteiger partial charge in [-0.25, -0.2) is 0 Å². The van der Waals surface area contributed by atoms with E-state index in [9.17, 15) is 4.79 Å². The summed E-state index contributed by atoms with van der Waals surface area (Å²) in [5.41, 5.74) is 1.31. The lowest BCUT2D eigenvalue weighted by Gasteiger charge is -2.43. The van der Waals surface area contributed by atoms with E-state index in [1.807, 2.05) is 18.5 Å². The Morgan fingerprint density at radius 2 is 1.86 bits per heavy atom. The van der Waals surface area contributed by atoms with E-state index in [-0.39, 0.29) is 5.92 Å². The summed E-state index contributed by atoms with van der Waals surface area (Å²) in [6.07, 6.45) is 12.2. The molecule has 0 aliphatic carbocycles. The first-order chi connectivity index (χ1) is 14.2. The third-order valence-corrected chi connectivity index (χ3v) is 7.51. The Balaban J connectivity index is 1.24. The number of rotatable bonds is 5. The number of hydrogen-bond acceptors (Lipinski definition) is 4. The molecule has 0 spiro atoms. The smallest absolute Gasteiger partial charge is 0.226 e. The van der Waals surface area contributed by atoms with Crippen molar-refractivity contribution in [1.82, 2.24) is 19.7 Å². The lowest BCUT2D eigenvalue weighted by molar-refractivity contribution is -0.139.